The van der Waals surface area contributed by atoms with Crippen LogP contribution < -0.4 is 5.32 Å². The molecule has 3 aromatic heterocycles. The van der Waals surface area contributed by atoms with Gasteiger partial charge in [-0.1, -0.05) is 18.2 Å². The fourth-order valence-corrected chi connectivity index (χ4v) is 3.33. The maximum atomic E-state index is 14.4. The van der Waals surface area contributed by atoms with E-state index in [0.29, 0.717) is 17.0 Å². The first kappa shape index (κ1) is 17.9. The van der Waals surface area contributed by atoms with Gasteiger partial charge in [0.1, 0.15) is 11.5 Å². The van der Waals surface area contributed by atoms with Gasteiger partial charge in [-0.2, -0.15) is 9.61 Å². The smallest absolute Gasteiger partial charge is 0.253 e. The second-order valence-corrected chi connectivity index (χ2v) is 6.68. The van der Waals surface area contributed by atoms with Crippen molar-refractivity contribution in [1.29, 1.82) is 0 Å². The summed E-state index contributed by atoms with van der Waals surface area (Å²) >= 11 is 0. The second kappa shape index (κ2) is 7.00. The predicted octanol–water partition coefficient (Wildman–Crippen LogP) is 3.51. The van der Waals surface area contributed by atoms with Crippen LogP contribution in [0.4, 0.5) is 4.39 Å². The molecular formula is C22H15FN6O. The molecule has 5 rings (SSSR count). The molecule has 5 aromatic rings. The summed E-state index contributed by atoms with van der Waals surface area (Å²) in [4.78, 5) is 24.7. The highest BCUT2D eigenvalue weighted by atomic mass is 19.1. The molecule has 0 aliphatic carbocycles. The van der Waals surface area contributed by atoms with E-state index < -0.39 is 11.7 Å². The van der Waals surface area contributed by atoms with E-state index >= 15 is 0 Å². The topological polar surface area (TPSA) is 85.1 Å². The summed E-state index contributed by atoms with van der Waals surface area (Å²) in [6.07, 6.45) is 4.99. The van der Waals surface area contributed by atoms with Gasteiger partial charge >= 0.3 is 0 Å². The Bertz CT molecular complexity index is 1430. The van der Waals surface area contributed by atoms with Gasteiger partial charge in [-0.25, -0.2) is 14.4 Å². The summed E-state index contributed by atoms with van der Waals surface area (Å²) in [7, 11) is 1.46. The zero-order chi connectivity index (χ0) is 20.7. The quantitative estimate of drug-likeness (QED) is 0.503. The summed E-state index contributed by atoms with van der Waals surface area (Å²) in [5.74, 6) is -0.674. The SMILES string of the molecule is CNC(=O)c1ccc(-c2cnc3ncc(-c4ccc5ncccc5c4)n3n2)cc1F. The number of nitrogens with zero attached hydrogens (tertiary/aromatic N) is 5. The number of carbonyl (C=O) groups excluding carboxylic acids is 1. The molecule has 1 N–H and O–H groups in total. The molecule has 0 aliphatic heterocycles. The molecule has 0 bridgehead atoms. The van der Waals surface area contributed by atoms with Crippen molar-refractivity contribution in [2.45, 2.75) is 0 Å². The largest absolute Gasteiger partial charge is 0.355 e. The Morgan fingerprint density at radius 3 is 2.67 bits per heavy atom. The van der Waals surface area contributed by atoms with Gasteiger partial charge in [0, 0.05) is 29.8 Å². The third-order valence-electron chi connectivity index (χ3n) is 4.87. The van der Waals surface area contributed by atoms with Crippen molar-refractivity contribution >= 4 is 22.6 Å². The number of carbonyl (C=O) groups is 1. The first-order valence-corrected chi connectivity index (χ1v) is 9.22. The number of fused-ring (bicyclic) bond motifs is 2. The van der Waals surface area contributed by atoms with E-state index in [-0.39, 0.29) is 5.56 Å². The molecule has 2 aromatic carbocycles. The first-order chi connectivity index (χ1) is 14.6. The lowest BCUT2D eigenvalue weighted by Crippen LogP contribution is -2.19. The zero-order valence-electron chi connectivity index (χ0n) is 15.9. The minimum Gasteiger partial charge on any atom is -0.355 e. The Hall–Kier alpha value is -4.20. The highest BCUT2D eigenvalue weighted by Crippen LogP contribution is 2.25. The van der Waals surface area contributed by atoms with Crippen molar-refractivity contribution in [1.82, 2.24) is 29.9 Å². The van der Waals surface area contributed by atoms with Crippen LogP contribution in [0.25, 0.3) is 39.2 Å². The number of benzene rings is 2. The number of imidazole rings is 1. The zero-order valence-corrected chi connectivity index (χ0v) is 15.9. The molecule has 7 nitrogen and oxygen atoms in total. The Kier molecular flexibility index (Phi) is 4.17. The molecule has 0 saturated heterocycles. The number of hydrogen-bond acceptors (Lipinski definition) is 5. The maximum Gasteiger partial charge on any atom is 0.253 e. The second-order valence-electron chi connectivity index (χ2n) is 6.68. The van der Waals surface area contributed by atoms with Crippen LogP contribution in [0.1, 0.15) is 10.4 Å². The van der Waals surface area contributed by atoms with Crippen molar-refractivity contribution in [3.8, 4) is 22.5 Å². The Morgan fingerprint density at radius 2 is 1.83 bits per heavy atom. The third kappa shape index (κ3) is 2.95. The highest BCUT2D eigenvalue weighted by molar-refractivity contribution is 5.94. The summed E-state index contributed by atoms with van der Waals surface area (Å²) in [6, 6.07) is 14.1. The number of halogens is 1. The standard InChI is InChI=1S/C22H15FN6O/c1-24-21(30)16-6-4-14(10-17(16)23)19-11-26-22-27-12-20(29(22)28-19)15-5-7-18-13(9-15)3-2-8-25-18/h2-12H,1H3,(H,24,30). The molecule has 0 radical (unpaired) electrons. The highest BCUT2D eigenvalue weighted by Gasteiger charge is 2.14. The minimum atomic E-state index is -0.623. The van der Waals surface area contributed by atoms with Crippen LogP contribution >= 0.6 is 0 Å². The summed E-state index contributed by atoms with van der Waals surface area (Å²) < 4.78 is 16.0. The molecular weight excluding hydrogens is 383 g/mol. The molecule has 30 heavy (non-hydrogen) atoms. The lowest BCUT2D eigenvalue weighted by atomic mass is 10.1. The van der Waals surface area contributed by atoms with E-state index in [1.54, 1.807) is 23.0 Å². The van der Waals surface area contributed by atoms with Gasteiger partial charge < -0.3 is 5.32 Å². The van der Waals surface area contributed by atoms with Crippen LogP contribution in [0, 0.1) is 5.82 Å². The van der Waals surface area contributed by atoms with E-state index in [1.807, 2.05) is 30.3 Å². The molecule has 0 aliphatic rings. The third-order valence-corrected chi connectivity index (χ3v) is 4.87. The fraction of sp³-hybridized carbons (Fsp3) is 0.0455. The molecule has 3 heterocycles. The number of nitrogens with one attached hydrogen (secondary N) is 1. The van der Waals surface area contributed by atoms with E-state index in [0.717, 1.165) is 22.2 Å². The van der Waals surface area contributed by atoms with E-state index in [4.69, 9.17) is 0 Å². The number of rotatable bonds is 3. The van der Waals surface area contributed by atoms with Crippen molar-refractivity contribution in [3.05, 3.63) is 78.5 Å². The molecule has 0 atom stereocenters. The lowest BCUT2D eigenvalue weighted by Gasteiger charge is -2.07. The molecule has 0 unspecified atom stereocenters. The minimum absolute atomic E-state index is 0.0246. The van der Waals surface area contributed by atoms with E-state index in [1.165, 1.54) is 25.4 Å². The Balaban J connectivity index is 1.61. The molecule has 0 spiro atoms. The monoisotopic (exact) mass is 398 g/mol. The molecule has 0 saturated carbocycles. The number of amides is 1. The summed E-state index contributed by atoms with van der Waals surface area (Å²) in [6.45, 7) is 0. The van der Waals surface area contributed by atoms with Crippen molar-refractivity contribution in [2.24, 2.45) is 0 Å². The van der Waals surface area contributed by atoms with Crippen LogP contribution in [0.5, 0.6) is 0 Å². The molecule has 0 fully saturated rings. The first-order valence-electron chi connectivity index (χ1n) is 9.22. The van der Waals surface area contributed by atoms with Crippen LogP contribution in [0.15, 0.2) is 67.1 Å². The van der Waals surface area contributed by atoms with Crippen molar-refractivity contribution in [2.75, 3.05) is 7.05 Å². The van der Waals surface area contributed by atoms with Gasteiger partial charge in [-0.05, 0) is 30.3 Å². The van der Waals surface area contributed by atoms with Gasteiger partial charge in [-0.15, -0.1) is 0 Å². The summed E-state index contributed by atoms with van der Waals surface area (Å²) in [5.41, 5.74) is 3.52. The molecule has 8 heteroatoms. The molecule has 1 amide bonds. The van der Waals surface area contributed by atoms with Gasteiger partial charge in [-0.3, -0.25) is 9.78 Å². The number of pyridine rings is 1. The van der Waals surface area contributed by atoms with Crippen LogP contribution in [0.3, 0.4) is 0 Å². The van der Waals surface area contributed by atoms with Gasteiger partial charge in [0.15, 0.2) is 0 Å². The average molecular weight is 398 g/mol. The average Bonchev–Trinajstić information content (AvgIpc) is 3.21. The van der Waals surface area contributed by atoms with Crippen molar-refractivity contribution in [3.63, 3.8) is 0 Å². The Labute approximate surface area is 170 Å². The lowest BCUT2D eigenvalue weighted by molar-refractivity contribution is 0.0959. The van der Waals surface area contributed by atoms with Gasteiger partial charge in [0.25, 0.3) is 11.7 Å². The van der Waals surface area contributed by atoms with Crippen LogP contribution in [0.2, 0.25) is 0 Å². The maximum absolute atomic E-state index is 14.4. The van der Waals surface area contributed by atoms with Gasteiger partial charge in [0.05, 0.1) is 29.2 Å². The van der Waals surface area contributed by atoms with E-state index in [2.05, 4.69) is 25.4 Å². The van der Waals surface area contributed by atoms with E-state index in [9.17, 15) is 9.18 Å². The van der Waals surface area contributed by atoms with Crippen LogP contribution in [-0.4, -0.2) is 37.5 Å². The predicted molar refractivity (Wildman–Crippen MR) is 110 cm³/mol. The fourth-order valence-electron chi connectivity index (χ4n) is 3.33. The number of hydrogen-bond donors (Lipinski definition) is 1. The van der Waals surface area contributed by atoms with Gasteiger partial charge in [0.2, 0.25) is 0 Å². The molecule has 146 valence electrons. The van der Waals surface area contributed by atoms with Crippen LogP contribution in [-0.2, 0) is 0 Å². The van der Waals surface area contributed by atoms with Crippen molar-refractivity contribution < 1.29 is 9.18 Å². The summed E-state index contributed by atoms with van der Waals surface area (Å²) in [5, 5.41) is 8.02. The normalized spacial score (nSPS) is 11.1. The number of aromatic nitrogens is 5. The Morgan fingerprint density at radius 1 is 1.00 bits per heavy atom.